The predicted molar refractivity (Wildman–Crippen MR) is 277 cm³/mol. The van der Waals surface area contributed by atoms with Crippen molar-refractivity contribution in [1.29, 1.82) is 5.26 Å². The minimum atomic E-state index is -4.80. The van der Waals surface area contributed by atoms with Gasteiger partial charge in [-0.15, -0.1) is 11.3 Å². The van der Waals surface area contributed by atoms with Crippen LogP contribution >= 0.6 is 23.6 Å². The maximum absolute atomic E-state index is 14.3. The molecular formula is C53H65F3N8O7S2. The van der Waals surface area contributed by atoms with Crippen LogP contribution in [0.15, 0.2) is 66.2 Å². The number of nitrogens with one attached hydrogen (secondary N) is 2. The van der Waals surface area contributed by atoms with Crippen LogP contribution in [0.4, 0.5) is 24.5 Å². The molecule has 4 heterocycles. The standard InChI is InChI=1S/C53H65F3N8O7S2/c1-35-45(73-34-59-35)37-13-11-36(12-14-37)32-58-47(66)43-10-8-23-62(43)48(67)46(51(2,3)4)60-44(65)33-70-28-9-27-69-26-6-7-29-71-41-19-17-39(18-20-41)64-50(72)63(49(68)52(64)21-24-61(5)25-22-52)40-16-15-38(31-57)42(30-40)53(54,55)56/h11,13-20,30,34,36,43,46H,6-10,12,21-29,32-33H2,1-5H3,(H,58,66)(H,60,65). The number of thiazole rings is 1. The molecule has 7 rings (SSSR count). The summed E-state index contributed by atoms with van der Waals surface area (Å²) in [5.41, 5.74) is 1.17. The molecule has 3 aromatic rings. The van der Waals surface area contributed by atoms with Crippen molar-refractivity contribution in [3.63, 3.8) is 0 Å². The van der Waals surface area contributed by atoms with Gasteiger partial charge in [-0.25, -0.2) is 4.98 Å². The molecule has 392 valence electrons. The molecule has 3 aliphatic heterocycles. The summed E-state index contributed by atoms with van der Waals surface area (Å²) >= 11 is 7.46. The van der Waals surface area contributed by atoms with Crippen LogP contribution in [0.2, 0.25) is 0 Å². The average Bonchev–Trinajstić information content (AvgIpc) is 4.09. The summed E-state index contributed by atoms with van der Waals surface area (Å²) in [6.07, 6.45) is 6.45. The lowest BCUT2D eigenvalue weighted by Crippen LogP contribution is -2.58. The number of aromatic nitrogens is 1. The van der Waals surface area contributed by atoms with Gasteiger partial charge in [0.25, 0.3) is 5.91 Å². The number of thiocarbonyl (C=S) groups is 1. The molecule has 73 heavy (non-hydrogen) atoms. The number of nitriles is 1. The van der Waals surface area contributed by atoms with Gasteiger partial charge in [-0.05, 0) is 137 Å². The topological polar surface area (TPSA) is 170 Å². The van der Waals surface area contributed by atoms with Gasteiger partial charge in [0, 0.05) is 51.7 Å². The number of aryl methyl sites for hydroxylation is 1. The van der Waals surface area contributed by atoms with Crippen LogP contribution in [0.1, 0.15) is 93.8 Å². The van der Waals surface area contributed by atoms with Crippen LogP contribution in [0.3, 0.4) is 0 Å². The van der Waals surface area contributed by atoms with Crippen LogP contribution in [0, 0.1) is 29.6 Å². The zero-order valence-corrected chi connectivity index (χ0v) is 43.7. The first-order chi connectivity index (χ1) is 34.8. The Morgan fingerprint density at radius 2 is 1.68 bits per heavy atom. The number of piperidine rings is 1. The second kappa shape index (κ2) is 24.1. The number of nitrogens with zero attached hydrogens (tertiary/aromatic N) is 6. The Morgan fingerprint density at radius 3 is 2.34 bits per heavy atom. The molecule has 3 fully saturated rings. The monoisotopic (exact) mass is 1050 g/mol. The van der Waals surface area contributed by atoms with Crippen LogP contribution in [0.5, 0.6) is 5.75 Å². The van der Waals surface area contributed by atoms with Crippen LogP contribution in [0.25, 0.3) is 5.57 Å². The van der Waals surface area contributed by atoms with Crippen molar-refractivity contribution in [3.05, 3.63) is 87.9 Å². The molecule has 2 N–H and O–H groups in total. The number of alkyl halides is 3. The normalized spacial score (nSPS) is 19.5. The summed E-state index contributed by atoms with van der Waals surface area (Å²) in [7, 11) is 1.95. The average molecular weight is 1050 g/mol. The molecule has 3 unspecified atom stereocenters. The smallest absolute Gasteiger partial charge is 0.417 e. The summed E-state index contributed by atoms with van der Waals surface area (Å²) in [6, 6.07) is 10.5. The molecule has 15 nitrogen and oxygen atoms in total. The van der Waals surface area contributed by atoms with E-state index in [0.717, 1.165) is 46.0 Å². The molecule has 3 saturated heterocycles. The number of anilines is 2. The number of unbranched alkanes of at least 4 members (excludes halogenated alkanes) is 1. The molecule has 1 aliphatic carbocycles. The first kappa shape index (κ1) is 55.0. The molecule has 4 aliphatic rings. The van der Waals surface area contributed by atoms with E-state index in [-0.39, 0.29) is 41.7 Å². The number of carbonyl (C=O) groups is 4. The predicted octanol–water partition coefficient (Wildman–Crippen LogP) is 7.82. The van der Waals surface area contributed by atoms with Crippen molar-refractivity contribution in [1.82, 2.24) is 25.4 Å². The number of halogens is 3. The number of carbonyl (C=O) groups excluding carboxylic acids is 4. The zero-order valence-electron chi connectivity index (χ0n) is 42.1. The summed E-state index contributed by atoms with van der Waals surface area (Å²) in [5.74, 6) is -0.543. The van der Waals surface area contributed by atoms with Crippen molar-refractivity contribution in [2.45, 2.75) is 103 Å². The molecule has 1 aromatic heterocycles. The lowest BCUT2D eigenvalue weighted by atomic mass is 9.85. The maximum Gasteiger partial charge on any atom is 0.417 e. The second-order valence-corrected chi connectivity index (χ2v) is 21.3. The van der Waals surface area contributed by atoms with Gasteiger partial charge in [-0.1, -0.05) is 39.0 Å². The Hall–Kier alpha value is -5.72. The van der Waals surface area contributed by atoms with Crippen molar-refractivity contribution < 1.29 is 46.6 Å². The van der Waals surface area contributed by atoms with E-state index in [1.807, 2.05) is 40.3 Å². The van der Waals surface area contributed by atoms with Crippen molar-refractivity contribution >= 4 is 69.2 Å². The molecule has 20 heteroatoms. The minimum Gasteiger partial charge on any atom is -0.494 e. The van der Waals surface area contributed by atoms with E-state index < -0.39 is 52.2 Å². The Labute approximate surface area is 434 Å². The Morgan fingerprint density at radius 1 is 0.986 bits per heavy atom. The van der Waals surface area contributed by atoms with Gasteiger partial charge in [0.05, 0.1) is 45.6 Å². The van der Waals surface area contributed by atoms with E-state index >= 15 is 0 Å². The number of hydrogen-bond acceptors (Lipinski definition) is 12. The molecule has 3 atom stereocenters. The van der Waals surface area contributed by atoms with Crippen LogP contribution < -0.4 is 25.2 Å². The van der Waals surface area contributed by atoms with Gasteiger partial charge in [0.1, 0.15) is 30.0 Å². The summed E-state index contributed by atoms with van der Waals surface area (Å²) in [5, 5.41) is 15.3. The largest absolute Gasteiger partial charge is 0.494 e. The summed E-state index contributed by atoms with van der Waals surface area (Å²) in [6.45, 7) is 11.1. The first-order valence-corrected chi connectivity index (χ1v) is 26.1. The van der Waals surface area contributed by atoms with Gasteiger partial charge in [0.15, 0.2) is 5.11 Å². The van der Waals surface area contributed by atoms with Gasteiger partial charge >= 0.3 is 6.18 Å². The van der Waals surface area contributed by atoms with Gasteiger partial charge in [0.2, 0.25) is 17.7 Å². The van der Waals surface area contributed by atoms with Gasteiger partial charge < -0.3 is 39.5 Å². The number of rotatable bonds is 20. The lowest BCUT2D eigenvalue weighted by Gasteiger charge is -2.41. The molecular weight excluding hydrogens is 982 g/mol. The maximum atomic E-state index is 14.3. The Balaban J connectivity index is 0.791. The van der Waals surface area contributed by atoms with E-state index in [4.69, 9.17) is 26.4 Å². The highest BCUT2D eigenvalue weighted by molar-refractivity contribution is 7.81. The Bertz CT molecular complexity index is 2580. The first-order valence-electron chi connectivity index (χ1n) is 24.9. The van der Waals surface area contributed by atoms with E-state index in [0.29, 0.717) is 96.0 Å². The zero-order chi connectivity index (χ0) is 52.5. The number of benzene rings is 2. The second-order valence-electron chi connectivity index (χ2n) is 20.1. The van der Waals surface area contributed by atoms with Crippen LogP contribution in [-0.4, -0.2) is 127 Å². The lowest BCUT2D eigenvalue weighted by molar-refractivity contribution is -0.144. The highest BCUT2D eigenvalue weighted by Gasteiger charge is 2.57. The highest BCUT2D eigenvalue weighted by atomic mass is 32.1. The van der Waals surface area contributed by atoms with E-state index in [1.54, 1.807) is 51.5 Å². The fourth-order valence-electron chi connectivity index (χ4n) is 9.64. The highest BCUT2D eigenvalue weighted by Crippen LogP contribution is 2.44. The number of allylic oxidation sites excluding steroid dienone is 3. The number of likely N-dealkylation sites (tertiary alicyclic amines) is 2. The van der Waals surface area contributed by atoms with Crippen molar-refractivity contribution in [2.75, 3.05) is 76.1 Å². The van der Waals surface area contributed by atoms with Crippen molar-refractivity contribution in [2.24, 2.45) is 11.3 Å². The SMILES string of the molecule is Cc1ncsc1C1=CCC(CNC(=O)C2CCCN2C(=O)C(NC(=O)COCCCOCCCCOc2ccc(N3C(=S)N(c4ccc(C#N)c(C(F)(F)F)c4)C(=O)C34CCN(C)CC4)cc2)C(C)(C)C)C=C1. The van der Waals surface area contributed by atoms with E-state index in [2.05, 4.69) is 38.7 Å². The number of ether oxygens (including phenoxy) is 3. The Kier molecular flexibility index (Phi) is 18.2. The van der Waals surface area contributed by atoms with E-state index in [9.17, 15) is 37.6 Å². The summed E-state index contributed by atoms with van der Waals surface area (Å²) < 4.78 is 59.2. The molecule has 2 aromatic carbocycles. The third-order valence-electron chi connectivity index (χ3n) is 13.8. The summed E-state index contributed by atoms with van der Waals surface area (Å²) in [4.78, 5) is 66.8. The third-order valence-corrected chi connectivity index (χ3v) is 15.1. The number of hydrogen-bond donors (Lipinski definition) is 2. The molecule has 0 radical (unpaired) electrons. The van der Waals surface area contributed by atoms with Crippen molar-refractivity contribution in [3.8, 4) is 11.8 Å². The quantitative estimate of drug-likeness (QED) is 0.0833. The van der Waals surface area contributed by atoms with Crippen LogP contribution in [-0.2, 0) is 34.8 Å². The van der Waals surface area contributed by atoms with E-state index in [1.165, 1.54) is 6.07 Å². The molecule has 1 spiro atoms. The minimum absolute atomic E-state index is 0.0460. The third kappa shape index (κ3) is 13.2. The van der Waals surface area contributed by atoms with Gasteiger partial charge in [-0.3, -0.25) is 24.1 Å². The molecule has 4 amide bonds. The number of amides is 4. The fraction of sp³-hybridized carbons (Fsp3) is 0.528. The molecule has 0 bridgehead atoms. The molecule has 0 saturated carbocycles. The fourth-order valence-corrected chi connectivity index (χ4v) is 10.9. The van der Waals surface area contributed by atoms with Gasteiger partial charge in [-0.2, -0.15) is 18.4 Å².